The molecule has 0 fully saturated rings. The molecule has 1 N–H and O–H groups in total. The van der Waals surface area contributed by atoms with Crippen LogP contribution in [-0.2, 0) is 11.3 Å². The number of thioether (sulfide) groups is 1. The monoisotopic (exact) mass is 445 g/mol. The van der Waals surface area contributed by atoms with Crippen LogP contribution in [0.2, 0.25) is 0 Å². The first kappa shape index (κ1) is 21.6. The summed E-state index contributed by atoms with van der Waals surface area (Å²) in [5.74, 6) is 1.45. The molecule has 0 spiro atoms. The van der Waals surface area contributed by atoms with Crippen molar-refractivity contribution in [3.63, 3.8) is 0 Å². The van der Waals surface area contributed by atoms with Crippen molar-refractivity contribution >= 4 is 23.4 Å². The van der Waals surface area contributed by atoms with Gasteiger partial charge in [0.25, 0.3) is 0 Å². The van der Waals surface area contributed by atoms with Gasteiger partial charge in [0.2, 0.25) is 5.91 Å². The Hall–Kier alpha value is -3.65. The van der Waals surface area contributed by atoms with Crippen molar-refractivity contribution in [2.24, 2.45) is 0 Å². The van der Waals surface area contributed by atoms with Crippen molar-refractivity contribution in [3.8, 4) is 17.1 Å². The second-order valence-electron chi connectivity index (χ2n) is 6.88. The van der Waals surface area contributed by atoms with Crippen LogP contribution in [0.15, 0.2) is 84.3 Å². The Morgan fingerprint density at radius 2 is 1.75 bits per heavy atom. The first-order valence-corrected chi connectivity index (χ1v) is 11.2. The molecule has 162 valence electrons. The maximum atomic E-state index is 12.6. The molecule has 4 aromatic rings. The van der Waals surface area contributed by atoms with Crippen molar-refractivity contribution < 1.29 is 9.53 Å². The Balaban J connectivity index is 1.52. The van der Waals surface area contributed by atoms with Crippen LogP contribution in [0, 0.1) is 0 Å². The Bertz CT molecular complexity index is 1170. The van der Waals surface area contributed by atoms with E-state index in [9.17, 15) is 4.79 Å². The van der Waals surface area contributed by atoms with Crippen LogP contribution in [-0.4, -0.2) is 38.0 Å². The highest BCUT2D eigenvalue weighted by atomic mass is 32.2. The van der Waals surface area contributed by atoms with Gasteiger partial charge in [-0.3, -0.25) is 14.3 Å². The van der Waals surface area contributed by atoms with Gasteiger partial charge in [0.1, 0.15) is 5.75 Å². The predicted octanol–water partition coefficient (Wildman–Crippen LogP) is 4.52. The molecule has 0 aliphatic rings. The number of nitrogens with zero attached hydrogens (tertiary/aromatic N) is 4. The molecular formula is C24H23N5O2S. The zero-order valence-corrected chi connectivity index (χ0v) is 18.5. The highest BCUT2D eigenvalue weighted by molar-refractivity contribution is 7.99. The van der Waals surface area contributed by atoms with Crippen LogP contribution in [0.5, 0.6) is 5.75 Å². The predicted molar refractivity (Wildman–Crippen MR) is 126 cm³/mol. The number of amides is 1. The van der Waals surface area contributed by atoms with Crippen LogP contribution in [0.3, 0.4) is 0 Å². The molecule has 0 saturated carbocycles. The lowest BCUT2D eigenvalue weighted by atomic mass is 10.2. The maximum Gasteiger partial charge on any atom is 0.234 e. The fourth-order valence-corrected chi connectivity index (χ4v) is 3.92. The number of para-hydroxylation sites is 2. The molecule has 4 rings (SSSR count). The summed E-state index contributed by atoms with van der Waals surface area (Å²) in [7, 11) is 0. The summed E-state index contributed by atoms with van der Waals surface area (Å²) in [6.07, 6.45) is 3.46. The van der Waals surface area contributed by atoms with E-state index < -0.39 is 0 Å². The average Bonchev–Trinajstić information content (AvgIpc) is 3.23. The third-order valence-corrected chi connectivity index (χ3v) is 5.60. The topological polar surface area (TPSA) is 81.9 Å². The molecule has 0 atom stereocenters. The lowest BCUT2D eigenvalue weighted by Crippen LogP contribution is -2.15. The molecule has 1 amide bonds. The Kier molecular flexibility index (Phi) is 7.14. The van der Waals surface area contributed by atoms with Crippen LogP contribution in [0.25, 0.3) is 11.4 Å². The summed E-state index contributed by atoms with van der Waals surface area (Å²) in [6.45, 7) is 3.04. The quantitative estimate of drug-likeness (QED) is 0.382. The standard InChI is InChI=1S/C24H23N5O2S/c1-2-31-21-11-7-6-10-20(21)26-22(30)17-32-24-28-27-23(19-12-14-25-15-13-19)29(24)16-18-8-4-3-5-9-18/h3-15H,2,16-17H2,1H3,(H,26,30). The number of nitrogens with one attached hydrogen (secondary N) is 1. The molecule has 0 bridgehead atoms. The zero-order chi connectivity index (χ0) is 22.2. The summed E-state index contributed by atoms with van der Waals surface area (Å²) in [5.41, 5.74) is 2.70. The zero-order valence-electron chi connectivity index (χ0n) is 17.6. The van der Waals surface area contributed by atoms with Crippen LogP contribution in [0.4, 0.5) is 5.69 Å². The molecule has 0 aliphatic carbocycles. The molecule has 0 aliphatic heterocycles. The fraction of sp³-hybridized carbons (Fsp3) is 0.167. The van der Waals surface area contributed by atoms with E-state index in [1.54, 1.807) is 12.4 Å². The van der Waals surface area contributed by atoms with Crippen LogP contribution < -0.4 is 10.1 Å². The number of pyridine rings is 1. The molecule has 2 aromatic carbocycles. The first-order valence-electron chi connectivity index (χ1n) is 10.3. The molecule has 2 aromatic heterocycles. The minimum absolute atomic E-state index is 0.137. The van der Waals surface area contributed by atoms with Gasteiger partial charge < -0.3 is 10.1 Å². The molecule has 2 heterocycles. The third-order valence-electron chi connectivity index (χ3n) is 4.63. The second kappa shape index (κ2) is 10.6. The molecule has 0 radical (unpaired) electrons. The highest BCUT2D eigenvalue weighted by Gasteiger charge is 2.17. The number of aromatic nitrogens is 4. The largest absolute Gasteiger partial charge is 0.492 e. The van der Waals surface area contributed by atoms with Crippen LogP contribution in [0.1, 0.15) is 12.5 Å². The Morgan fingerprint density at radius 3 is 2.53 bits per heavy atom. The van der Waals surface area contributed by atoms with Crippen molar-refractivity contribution in [1.82, 2.24) is 19.7 Å². The number of carbonyl (C=O) groups excluding carboxylic acids is 1. The van der Waals surface area contributed by atoms with Gasteiger partial charge in [0.05, 0.1) is 24.6 Å². The van der Waals surface area contributed by atoms with E-state index in [4.69, 9.17) is 4.74 Å². The van der Waals surface area contributed by atoms with E-state index in [1.165, 1.54) is 11.8 Å². The lowest BCUT2D eigenvalue weighted by Gasteiger charge is -2.12. The molecular weight excluding hydrogens is 422 g/mol. The minimum Gasteiger partial charge on any atom is -0.492 e. The van der Waals surface area contributed by atoms with E-state index in [2.05, 4.69) is 32.6 Å². The van der Waals surface area contributed by atoms with E-state index >= 15 is 0 Å². The van der Waals surface area contributed by atoms with Crippen molar-refractivity contribution in [2.45, 2.75) is 18.6 Å². The second-order valence-corrected chi connectivity index (χ2v) is 7.82. The van der Waals surface area contributed by atoms with Gasteiger partial charge in [0, 0.05) is 18.0 Å². The average molecular weight is 446 g/mol. The summed E-state index contributed by atoms with van der Waals surface area (Å²) in [5, 5.41) is 12.4. The number of hydrogen-bond donors (Lipinski definition) is 1. The lowest BCUT2D eigenvalue weighted by molar-refractivity contribution is -0.113. The van der Waals surface area contributed by atoms with Gasteiger partial charge in [-0.25, -0.2) is 0 Å². The van der Waals surface area contributed by atoms with Gasteiger partial charge in [-0.2, -0.15) is 0 Å². The van der Waals surface area contributed by atoms with Gasteiger partial charge in [-0.05, 0) is 36.8 Å². The van der Waals surface area contributed by atoms with E-state index in [0.29, 0.717) is 29.7 Å². The molecule has 7 nitrogen and oxygen atoms in total. The number of rotatable bonds is 9. The summed E-state index contributed by atoms with van der Waals surface area (Å²) < 4.78 is 7.61. The molecule has 8 heteroatoms. The number of hydrogen-bond acceptors (Lipinski definition) is 6. The van der Waals surface area contributed by atoms with Gasteiger partial charge in [-0.15, -0.1) is 10.2 Å². The summed E-state index contributed by atoms with van der Waals surface area (Å²) in [6, 6.07) is 21.3. The number of anilines is 1. The number of ether oxygens (including phenoxy) is 1. The van der Waals surface area contributed by atoms with Crippen molar-refractivity contribution in [1.29, 1.82) is 0 Å². The van der Waals surface area contributed by atoms with E-state index in [-0.39, 0.29) is 11.7 Å². The molecule has 0 saturated heterocycles. The van der Waals surface area contributed by atoms with Gasteiger partial charge in [0.15, 0.2) is 11.0 Å². The van der Waals surface area contributed by atoms with E-state index in [0.717, 1.165) is 17.0 Å². The summed E-state index contributed by atoms with van der Waals surface area (Å²) >= 11 is 1.35. The molecule has 32 heavy (non-hydrogen) atoms. The van der Waals surface area contributed by atoms with E-state index in [1.807, 2.05) is 66.1 Å². The Morgan fingerprint density at radius 1 is 1.00 bits per heavy atom. The SMILES string of the molecule is CCOc1ccccc1NC(=O)CSc1nnc(-c2ccncc2)n1Cc1ccccc1. The molecule has 0 unspecified atom stereocenters. The third kappa shape index (κ3) is 5.33. The van der Waals surface area contributed by atoms with Crippen molar-refractivity contribution in [2.75, 3.05) is 17.7 Å². The number of benzene rings is 2. The maximum absolute atomic E-state index is 12.6. The van der Waals surface area contributed by atoms with Gasteiger partial charge >= 0.3 is 0 Å². The normalized spacial score (nSPS) is 10.7. The summed E-state index contributed by atoms with van der Waals surface area (Å²) in [4.78, 5) is 16.7. The minimum atomic E-state index is -0.137. The van der Waals surface area contributed by atoms with Gasteiger partial charge in [-0.1, -0.05) is 54.2 Å². The first-order chi connectivity index (χ1) is 15.7. The van der Waals surface area contributed by atoms with Crippen LogP contribution >= 0.6 is 11.8 Å². The smallest absolute Gasteiger partial charge is 0.234 e. The highest BCUT2D eigenvalue weighted by Crippen LogP contribution is 2.27. The number of carbonyl (C=O) groups is 1. The van der Waals surface area contributed by atoms with Crippen molar-refractivity contribution in [3.05, 3.63) is 84.7 Å². The Labute approximate surface area is 190 Å². The fourth-order valence-electron chi connectivity index (χ4n) is 3.19.